The van der Waals surface area contributed by atoms with Crippen LogP contribution in [0.5, 0.6) is 5.75 Å². The monoisotopic (exact) mass is 268 g/mol. The van der Waals surface area contributed by atoms with Gasteiger partial charge in [-0.3, -0.25) is 0 Å². The number of halogens is 1. The van der Waals surface area contributed by atoms with Crippen molar-refractivity contribution < 1.29 is 4.74 Å². The standard InChI is InChI=1S/C12H13ClN2OS/c1-8(14-12-15-11(13)7-17-12)9-3-5-10(16-2)6-4-9/h3-8H,1-2H3,(H,14,15). The summed E-state index contributed by atoms with van der Waals surface area (Å²) >= 11 is 7.27. The van der Waals surface area contributed by atoms with Crippen LogP contribution in [0.4, 0.5) is 5.13 Å². The number of aromatic nitrogens is 1. The minimum absolute atomic E-state index is 0.183. The number of methoxy groups -OCH3 is 1. The summed E-state index contributed by atoms with van der Waals surface area (Å²) in [7, 11) is 1.66. The van der Waals surface area contributed by atoms with Crippen LogP contribution in [0.15, 0.2) is 29.6 Å². The summed E-state index contributed by atoms with van der Waals surface area (Å²) < 4.78 is 5.12. The van der Waals surface area contributed by atoms with Crippen molar-refractivity contribution in [2.24, 2.45) is 0 Å². The highest BCUT2D eigenvalue weighted by atomic mass is 35.5. The van der Waals surface area contributed by atoms with Gasteiger partial charge in [0.1, 0.15) is 10.9 Å². The van der Waals surface area contributed by atoms with E-state index < -0.39 is 0 Å². The van der Waals surface area contributed by atoms with E-state index in [9.17, 15) is 0 Å². The lowest BCUT2D eigenvalue weighted by Crippen LogP contribution is -2.06. The second kappa shape index (κ2) is 5.38. The molecule has 1 N–H and O–H groups in total. The van der Waals surface area contributed by atoms with Gasteiger partial charge in [-0.15, -0.1) is 11.3 Å². The third-order valence-corrected chi connectivity index (χ3v) is 3.53. The number of benzene rings is 1. The Labute approximate surface area is 109 Å². The van der Waals surface area contributed by atoms with Crippen molar-refractivity contribution in [3.8, 4) is 5.75 Å². The third-order valence-electron chi connectivity index (χ3n) is 2.43. The van der Waals surface area contributed by atoms with Crippen LogP contribution in [0.3, 0.4) is 0 Å². The van der Waals surface area contributed by atoms with Crippen molar-refractivity contribution in [3.05, 3.63) is 40.4 Å². The molecule has 0 aliphatic heterocycles. The zero-order chi connectivity index (χ0) is 12.3. The number of ether oxygens (including phenoxy) is 1. The Morgan fingerprint density at radius 1 is 1.35 bits per heavy atom. The molecule has 0 fully saturated rings. The minimum Gasteiger partial charge on any atom is -0.497 e. The maximum absolute atomic E-state index is 5.77. The Morgan fingerprint density at radius 2 is 2.06 bits per heavy atom. The summed E-state index contributed by atoms with van der Waals surface area (Å²) in [5, 5.41) is 6.47. The Kier molecular flexibility index (Phi) is 3.86. The second-order valence-electron chi connectivity index (χ2n) is 3.61. The molecule has 0 aliphatic rings. The van der Waals surface area contributed by atoms with E-state index in [2.05, 4.69) is 17.2 Å². The summed E-state index contributed by atoms with van der Waals surface area (Å²) in [4.78, 5) is 4.16. The maximum atomic E-state index is 5.77. The Bertz CT molecular complexity index is 484. The first-order valence-electron chi connectivity index (χ1n) is 5.20. The molecule has 3 nitrogen and oxygen atoms in total. The molecule has 0 bridgehead atoms. The number of nitrogens with zero attached hydrogens (tertiary/aromatic N) is 1. The minimum atomic E-state index is 0.183. The van der Waals surface area contributed by atoms with Crippen molar-refractivity contribution >= 4 is 28.1 Å². The molecule has 5 heteroatoms. The molecular weight excluding hydrogens is 256 g/mol. The van der Waals surface area contributed by atoms with Crippen LogP contribution in [-0.4, -0.2) is 12.1 Å². The van der Waals surface area contributed by atoms with Gasteiger partial charge in [0.2, 0.25) is 0 Å². The van der Waals surface area contributed by atoms with Gasteiger partial charge in [-0.25, -0.2) is 4.98 Å². The van der Waals surface area contributed by atoms with E-state index in [4.69, 9.17) is 16.3 Å². The fraction of sp³-hybridized carbons (Fsp3) is 0.250. The van der Waals surface area contributed by atoms with E-state index in [1.54, 1.807) is 7.11 Å². The smallest absolute Gasteiger partial charge is 0.184 e. The topological polar surface area (TPSA) is 34.1 Å². The lowest BCUT2D eigenvalue weighted by molar-refractivity contribution is 0.414. The van der Waals surface area contributed by atoms with E-state index in [-0.39, 0.29) is 6.04 Å². The Balaban J connectivity index is 2.06. The molecule has 0 radical (unpaired) electrons. The molecule has 0 amide bonds. The highest BCUT2D eigenvalue weighted by Crippen LogP contribution is 2.25. The lowest BCUT2D eigenvalue weighted by atomic mass is 10.1. The van der Waals surface area contributed by atoms with Gasteiger partial charge in [0.15, 0.2) is 5.13 Å². The van der Waals surface area contributed by atoms with E-state index in [1.165, 1.54) is 16.9 Å². The normalized spacial score (nSPS) is 12.2. The van der Waals surface area contributed by atoms with Gasteiger partial charge in [0.25, 0.3) is 0 Å². The fourth-order valence-corrected chi connectivity index (χ4v) is 2.41. The molecule has 2 aromatic rings. The molecule has 1 aromatic carbocycles. The van der Waals surface area contributed by atoms with Crippen LogP contribution in [0, 0.1) is 0 Å². The predicted molar refractivity (Wildman–Crippen MR) is 72.2 cm³/mol. The Hall–Kier alpha value is -1.26. The average Bonchev–Trinajstić information content (AvgIpc) is 2.75. The molecule has 17 heavy (non-hydrogen) atoms. The molecule has 1 heterocycles. The number of nitrogens with one attached hydrogen (secondary N) is 1. The first kappa shape index (κ1) is 12.2. The molecule has 0 saturated carbocycles. The largest absolute Gasteiger partial charge is 0.497 e. The summed E-state index contributed by atoms with van der Waals surface area (Å²) in [6.45, 7) is 2.08. The summed E-state index contributed by atoms with van der Waals surface area (Å²) in [6.07, 6.45) is 0. The number of rotatable bonds is 4. The molecule has 1 unspecified atom stereocenters. The van der Waals surface area contributed by atoms with Gasteiger partial charge in [0.05, 0.1) is 13.2 Å². The quantitative estimate of drug-likeness (QED) is 0.911. The zero-order valence-electron chi connectivity index (χ0n) is 9.61. The number of thiazole rings is 1. The number of anilines is 1. The fourth-order valence-electron chi connectivity index (χ4n) is 1.48. The SMILES string of the molecule is COc1ccc(C(C)Nc2nc(Cl)cs2)cc1. The van der Waals surface area contributed by atoms with Crippen LogP contribution in [-0.2, 0) is 0 Å². The molecule has 0 spiro atoms. The predicted octanol–water partition coefficient (Wildman–Crippen LogP) is 3.98. The zero-order valence-corrected chi connectivity index (χ0v) is 11.2. The van der Waals surface area contributed by atoms with Gasteiger partial charge in [-0.1, -0.05) is 23.7 Å². The van der Waals surface area contributed by atoms with Crippen molar-refractivity contribution in [1.82, 2.24) is 4.98 Å². The van der Waals surface area contributed by atoms with Gasteiger partial charge in [-0.05, 0) is 24.6 Å². The molecular formula is C12H13ClN2OS. The maximum Gasteiger partial charge on any atom is 0.184 e. The van der Waals surface area contributed by atoms with Crippen molar-refractivity contribution in [2.75, 3.05) is 12.4 Å². The van der Waals surface area contributed by atoms with Crippen molar-refractivity contribution in [3.63, 3.8) is 0 Å². The van der Waals surface area contributed by atoms with Crippen LogP contribution in [0.25, 0.3) is 0 Å². The third kappa shape index (κ3) is 3.11. The van der Waals surface area contributed by atoms with Gasteiger partial charge in [-0.2, -0.15) is 0 Å². The summed E-state index contributed by atoms with van der Waals surface area (Å²) in [5.74, 6) is 0.859. The molecule has 0 aliphatic carbocycles. The molecule has 2 rings (SSSR count). The molecule has 90 valence electrons. The Morgan fingerprint density at radius 3 is 2.59 bits per heavy atom. The van der Waals surface area contributed by atoms with E-state index in [1.807, 2.05) is 29.6 Å². The lowest BCUT2D eigenvalue weighted by Gasteiger charge is -2.13. The van der Waals surface area contributed by atoms with Gasteiger partial charge >= 0.3 is 0 Å². The van der Waals surface area contributed by atoms with E-state index in [0.29, 0.717) is 5.15 Å². The van der Waals surface area contributed by atoms with Crippen LogP contribution in [0.2, 0.25) is 5.15 Å². The second-order valence-corrected chi connectivity index (χ2v) is 4.86. The number of hydrogen-bond donors (Lipinski definition) is 1. The molecule has 1 atom stereocenters. The first-order valence-corrected chi connectivity index (χ1v) is 6.46. The first-order chi connectivity index (χ1) is 8.19. The summed E-state index contributed by atoms with van der Waals surface area (Å²) in [5.41, 5.74) is 1.18. The van der Waals surface area contributed by atoms with Gasteiger partial charge in [0, 0.05) is 5.38 Å². The van der Waals surface area contributed by atoms with Gasteiger partial charge < -0.3 is 10.1 Å². The van der Waals surface area contributed by atoms with E-state index in [0.717, 1.165) is 10.9 Å². The van der Waals surface area contributed by atoms with Crippen LogP contribution in [0.1, 0.15) is 18.5 Å². The van der Waals surface area contributed by atoms with E-state index >= 15 is 0 Å². The summed E-state index contributed by atoms with van der Waals surface area (Å²) in [6, 6.07) is 8.14. The highest BCUT2D eigenvalue weighted by Gasteiger charge is 2.07. The van der Waals surface area contributed by atoms with Crippen LogP contribution >= 0.6 is 22.9 Å². The van der Waals surface area contributed by atoms with Crippen molar-refractivity contribution in [1.29, 1.82) is 0 Å². The van der Waals surface area contributed by atoms with Crippen LogP contribution < -0.4 is 10.1 Å². The highest BCUT2D eigenvalue weighted by molar-refractivity contribution is 7.14. The average molecular weight is 269 g/mol. The molecule has 0 saturated heterocycles. The molecule has 1 aromatic heterocycles. The van der Waals surface area contributed by atoms with Crippen molar-refractivity contribution in [2.45, 2.75) is 13.0 Å². The number of hydrogen-bond acceptors (Lipinski definition) is 4.